The molecule has 0 bridgehead atoms. The highest BCUT2D eigenvalue weighted by Crippen LogP contribution is 2.18. The molecule has 1 aromatic rings. The van der Waals surface area contributed by atoms with Crippen molar-refractivity contribution in [3.05, 3.63) is 29.8 Å². The molecule has 0 aliphatic heterocycles. The average Bonchev–Trinajstić information content (AvgIpc) is 2.40. The van der Waals surface area contributed by atoms with E-state index in [1.165, 1.54) is 0 Å². The summed E-state index contributed by atoms with van der Waals surface area (Å²) >= 11 is 0. The summed E-state index contributed by atoms with van der Waals surface area (Å²) < 4.78 is 10.9. The van der Waals surface area contributed by atoms with Crippen LogP contribution < -0.4 is 4.74 Å². The van der Waals surface area contributed by atoms with E-state index in [1.54, 1.807) is 6.07 Å². The summed E-state index contributed by atoms with van der Waals surface area (Å²) in [4.78, 5) is 12.1. The van der Waals surface area contributed by atoms with Crippen LogP contribution in [-0.4, -0.2) is 25.6 Å². The van der Waals surface area contributed by atoms with Crippen molar-refractivity contribution >= 4 is 5.78 Å². The third-order valence-corrected chi connectivity index (χ3v) is 2.90. The zero-order valence-electron chi connectivity index (χ0n) is 12.1. The molecule has 3 nitrogen and oxygen atoms in total. The lowest BCUT2D eigenvalue weighted by molar-refractivity contribution is 0.0680. The Balaban J connectivity index is 2.49. The maximum atomic E-state index is 12.1. The second kappa shape index (κ2) is 8.70. The van der Waals surface area contributed by atoms with Gasteiger partial charge in [-0.1, -0.05) is 32.4 Å². The van der Waals surface area contributed by atoms with E-state index in [0.717, 1.165) is 12.8 Å². The summed E-state index contributed by atoms with van der Waals surface area (Å²) in [5, 5.41) is 0. The molecule has 0 aliphatic rings. The number of rotatable bonds is 9. The first-order chi connectivity index (χ1) is 9.19. The fraction of sp³-hybridized carbons (Fsp3) is 0.562. The topological polar surface area (TPSA) is 35.5 Å². The molecule has 0 N–H and O–H groups in total. The van der Waals surface area contributed by atoms with Crippen LogP contribution in [-0.2, 0) is 4.74 Å². The quantitative estimate of drug-likeness (QED) is 0.638. The summed E-state index contributed by atoms with van der Waals surface area (Å²) in [6.45, 7) is 7.51. The van der Waals surface area contributed by atoms with Gasteiger partial charge in [0.15, 0.2) is 5.78 Å². The third kappa shape index (κ3) is 5.43. The Bertz CT molecular complexity index is 387. The van der Waals surface area contributed by atoms with Crippen molar-refractivity contribution in [2.45, 2.75) is 33.6 Å². The fourth-order valence-corrected chi connectivity index (χ4v) is 1.99. The largest absolute Gasteiger partial charge is 0.493 e. The molecule has 0 amide bonds. The van der Waals surface area contributed by atoms with Crippen LogP contribution >= 0.6 is 0 Å². The molecule has 19 heavy (non-hydrogen) atoms. The number of ether oxygens (including phenoxy) is 2. The fourth-order valence-electron chi connectivity index (χ4n) is 1.99. The number of Topliss-reactive ketones (excluding diaryl/α,β-unsaturated/α-hetero) is 1. The van der Waals surface area contributed by atoms with Gasteiger partial charge in [0.05, 0.1) is 12.2 Å². The highest BCUT2D eigenvalue weighted by atomic mass is 16.5. The molecule has 0 saturated heterocycles. The Morgan fingerprint density at radius 2 is 2.00 bits per heavy atom. The predicted molar refractivity (Wildman–Crippen MR) is 76.8 cm³/mol. The highest BCUT2D eigenvalue weighted by molar-refractivity contribution is 5.99. The maximum absolute atomic E-state index is 12.1. The van der Waals surface area contributed by atoms with Crippen molar-refractivity contribution in [1.82, 2.24) is 0 Å². The molecule has 1 atom stereocenters. The van der Waals surface area contributed by atoms with Crippen LogP contribution in [0.15, 0.2) is 24.3 Å². The minimum Gasteiger partial charge on any atom is -0.493 e. The van der Waals surface area contributed by atoms with E-state index in [1.807, 2.05) is 25.1 Å². The van der Waals surface area contributed by atoms with Gasteiger partial charge in [-0.3, -0.25) is 4.79 Å². The van der Waals surface area contributed by atoms with E-state index in [0.29, 0.717) is 30.4 Å². The van der Waals surface area contributed by atoms with E-state index < -0.39 is 0 Å². The SMILES string of the molecule is CCCC(C)COCC(=O)c1ccccc1OCC. The number of carbonyl (C=O) groups is 1. The lowest BCUT2D eigenvalue weighted by Gasteiger charge is -2.12. The van der Waals surface area contributed by atoms with E-state index in [4.69, 9.17) is 9.47 Å². The van der Waals surface area contributed by atoms with Crippen LogP contribution in [0.3, 0.4) is 0 Å². The standard InChI is InChI=1S/C16H24O3/c1-4-8-13(3)11-18-12-15(17)14-9-6-7-10-16(14)19-5-2/h6-7,9-10,13H,4-5,8,11-12H2,1-3H3. The van der Waals surface area contributed by atoms with Crippen LogP contribution in [0, 0.1) is 5.92 Å². The highest BCUT2D eigenvalue weighted by Gasteiger charge is 2.12. The van der Waals surface area contributed by atoms with Crippen molar-refractivity contribution < 1.29 is 14.3 Å². The normalized spacial score (nSPS) is 12.2. The van der Waals surface area contributed by atoms with Gasteiger partial charge in [0.1, 0.15) is 12.4 Å². The number of ketones is 1. The minimum atomic E-state index is -0.0206. The van der Waals surface area contributed by atoms with Gasteiger partial charge in [-0.15, -0.1) is 0 Å². The van der Waals surface area contributed by atoms with Gasteiger partial charge in [-0.2, -0.15) is 0 Å². The van der Waals surface area contributed by atoms with Crippen molar-refractivity contribution in [2.24, 2.45) is 5.92 Å². The van der Waals surface area contributed by atoms with Crippen molar-refractivity contribution in [1.29, 1.82) is 0 Å². The summed E-state index contributed by atoms with van der Waals surface area (Å²) in [7, 11) is 0. The van der Waals surface area contributed by atoms with Gasteiger partial charge < -0.3 is 9.47 Å². The molecule has 3 heteroatoms. The Morgan fingerprint density at radius 1 is 1.26 bits per heavy atom. The smallest absolute Gasteiger partial charge is 0.192 e. The molecule has 0 aromatic heterocycles. The monoisotopic (exact) mass is 264 g/mol. The summed E-state index contributed by atoms with van der Waals surface area (Å²) in [6.07, 6.45) is 2.27. The number of benzene rings is 1. The van der Waals surface area contributed by atoms with Crippen LogP contribution in [0.2, 0.25) is 0 Å². The van der Waals surface area contributed by atoms with Crippen LogP contribution in [0.4, 0.5) is 0 Å². The zero-order valence-corrected chi connectivity index (χ0v) is 12.1. The Morgan fingerprint density at radius 3 is 2.68 bits per heavy atom. The average molecular weight is 264 g/mol. The van der Waals surface area contributed by atoms with Gasteiger partial charge in [-0.25, -0.2) is 0 Å². The molecule has 0 spiro atoms. The second-order valence-electron chi connectivity index (χ2n) is 4.76. The summed E-state index contributed by atoms with van der Waals surface area (Å²) in [6, 6.07) is 7.31. The van der Waals surface area contributed by atoms with E-state index in [2.05, 4.69) is 13.8 Å². The van der Waals surface area contributed by atoms with Gasteiger partial charge in [0.2, 0.25) is 0 Å². The molecular formula is C16H24O3. The number of hydrogen-bond acceptors (Lipinski definition) is 3. The Labute approximate surface area is 115 Å². The lowest BCUT2D eigenvalue weighted by Crippen LogP contribution is -2.14. The molecule has 1 unspecified atom stereocenters. The van der Waals surface area contributed by atoms with Crippen LogP contribution in [0.1, 0.15) is 44.0 Å². The minimum absolute atomic E-state index is 0.0206. The first-order valence-corrected chi connectivity index (χ1v) is 7.01. The number of carbonyl (C=O) groups excluding carboxylic acids is 1. The molecule has 1 aromatic carbocycles. The maximum Gasteiger partial charge on any atom is 0.192 e. The zero-order chi connectivity index (χ0) is 14.1. The van der Waals surface area contributed by atoms with Crippen LogP contribution in [0.25, 0.3) is 0 Å². The number of para-hydroxylation sites is 1. The first-order valence-electron chi connectivity index (χ1n) is 7.01. The molecule has 0 radical (unpaired) electrons. The van der Waals surface area contributed by atoms with Crippen molar-refractivity contribution in [3.8, 4) is 5.75 Å². The molecule has 0 saturated carbocycles. The second-order valence-corrected chi connectivity index (χ2v) is 4.76. The van der Waals surface area contributed by atoms with Gasteiger partial charge >= 0.3 is 0 Å². The van der Waals surface area contributed by atoms with E-state index in [-0.39, 0.29) is 12.4 Å². The molecule has 1 rings (SSSR count). The third-order valence-electron chi connectivity index (χ3n) is 2.90. The molecular weight excluding hydrogens is 240 g/mol. The molecule has 0 fully saturated rings. The van der Waals surface area contributed by atoms with Gasteiger partial charge in [0.25, 0.3) is 0 Å². The predicted octanol–water partition coefficient (Wildman–Crippen LogP) is 3.72. The summed E-state index contributed by atoms with van der Waals surface area (Å²) in [5.74, 6) is 1.12. The Hall–Kier alpha value is -1.35. The van der Waals surface area contributed by atoms with Crippen LogP contribution in [0.5, 0.6) is 5.75 Å². The Kier molecular flexibility index (Phi) is 7.19. The molecule has 106 valence electrons. The van der Waals surface area contributed by atoms with E-state index >= 15 is 0 Å². The number of hydrogen-bond donors (Lipinski definition) is 0. The van der Waals surface area contributed by atoms with Gasteiger partial charge in [-0.05, 0) is 31.4 Å². The summed E-state index contributed by atoms with van der Waals surface area (Å²) in [5.41, 5.74) is 0.604. The van der Waals surface area contributed by atoms with Crippen molar-refractivity contribution in [2.75, 3.05) is 19.8 Å². The van der Waals surface area contributed by atoms with E-state index in [9.17, 15) is 4.79 Å². The molecule has 0 heterocycles. The van der Waals surface area contributed by atoms with Gasteiger partial charge in [0, 0.05) is 6.61 Å². The lowest BCUT2D eigenvalue weighted by atomic mass is 10.1. The van der Waals surface area contributed by atoms with Crippen molar-refractivity contribution in [3.63, 3.8) is 0 Å². The molecule has 0 aliphatic carbocycles. The first kappa shape index (κ1) is 15.7.